The molecule has 2 N–H and O–H groups in total. The summed E-state index contributed by atoms with van der Waals surface area (Å²) in [5, 5.41) is 1.02. The number of hydrogen-bond donors (Lipinski definition) is 1. The Kier molecular flexibility index (Phi) is 3.51. The summed E-state index contributed by atoms with van der Waals surface area (Å²) in [6.07, 6.45) is 0. The fourth-order valence-electron chi connectivity index (χ4n) is 2.42. The molecule has 3 rings (SSSR count). The molecule has 3 aromatic rings. The molecule has 0 aliphatic rings. The molecule has 3 nitrogen and oxygen atoms in total. The van der Waals surface area contributed by atoms with Gasteiger partial charge in [-0.05, 0) is 36.8 Å². The van der Waals surface area contributed by atoms with Crippen molar-refractivity contribution in [2.45, 2.75) is 13.5 Å². The Labute approximate surface area is 126 Å². The smallest absolute Gasteiger partial charge is 0.123 e. The molecule has 5 heteroatoms. The maximum atomic E-state index is 13.3. The van der Waals surface area contributed by atoms with Crippen LogP contribution in [-0.2, 0) is 6.54 Å². The number of rotatable bonds is 3. The van der Waals surface area contributed by atoms with Gasteiger partial charge in [-0.1, -0.05) is 12.1 Å². The van der Waals surface area contributed by atoms with E-state index in [4.69, 9.17) is 5.73 Å². The summed E-state index contributed by atoms with van der Waals surface area (Å²) >= 11 is 1.63. The molecule has 0 aliphatic heterocycles. The van der Waals surface area contributed by atoms with E-state index in [2.05, 4.69) is 4.98 Å². The average Bonchev–Trinajstić information content (AvgIpc) is 2.76. The molecule has 0 saturated carbocycles. The Morgan fingerprint density at radius 1 is 1.29 bits per heavy atom. The summed E-state index contributed by atoms with van der Waals surface area (Å²) in [4.78, 5) is 6.51. The molecule has 0 radical (unpaired) electrons. The Hall–Kier alpha value is -2.14. The summed E-state index contributed by atoms with van der Waals surface area (Å²) in [6.45, 7) is 2.58. The van der Waals surface area contributed by atoms with Crippen molar-refractivity contribution in [2.75, 3.05) is 17.7 Å². The van der Waals surface area contributed by atoms with Gasteiger partial charge >= 0.3 is 0 Å². The maximum absolute atomic E-state index is 13.3. The van der Waals surface area contributed by atoms with Gasteiger partial charge in [0.15, 0.2) is 0 Å². The Morgan fingerprint density at radius 2 is 2.10 bits per heavy atom. The molecule has 1 aromatic heterocycles. The van der Waals surface area contributed by atoms with Crippen molar-refractivity contribution in [2.24, 2.45) is 0 Å². The van der Waals surface area contributed by atoms with E-state index in [-0.39, 0.29) is 5.82 Å². The lowest BCUT2D eigenvalue weighted by molar-refractivity contribution is 0.625. The lowest BCUT2D eigenvalue weighted by Crippen LogP contribution is -2.17. The van der Waals surface area contributed by atoms with Crippen LogP contribution in [0.5, 0.6) is 0 Å². The van der Waals surface area contributed by atoms with Gasteiger partial charge in [-0.3, -0.25) is 0 Å². The molecule has 108 valence electrons. The molecule has 0 unspecified atom stereocenters. The van der Waals surface area contributed by atoms with Gasteiger partial charge in [-0.15, -0.1) is 11.3 Å². The number of benzene rings is 2. The highest BCUT2D eigenvalue weighted by atomic mass is 32.1. The standard InChI is InChI=1S/C16H16FN3S/c1-10-19-14-8-15(13(18)7-16(14)21-10)20(2)9-11-4-3-5-12(17)6-11/h3-8H,9,18H2,1-2H3. The predicted octanol–water partition coefficient (Wildman–Crippen LogP) is 3.96. The largest absolute Gasteiger partial charge is 0.397 e. The minimum atomic E-state index is -0.223. The zero-order chi connectivity index (χ0) is 15.0. The highest BCUT2D eigenvalue weighted by Crippen LogP contribution is 2.32. The second-order valence-electron chi connectivity index (χ2n) is 5.10. The summed E-state index contributed by atoms with van der Waals surface area (Å²) < 4.78 is 14.3. The van der Waals surface area contributed by atoms with Crippen molar-refractivity contribution in [1.29, 1.82) is 0 Å². The van der Waals surface area contributed by atoms with Crippen molar-refractivity contribution in [3.63, 3.8) is 0 Å². The lowest BCUT2D eigenvalue weighted by atomic mass is 10.2. The first-order valence-electron chi connectivity index (χ1n) is 6.65. The average molecular weight is 301 g/mol. The van der Waals surface area contributed by atoms with E-state index < -0.39 is 0 Å². The minimum Gasteiger partial charge on any atom is -0.397 e. The molecule has 2 aromatic carbocycles. The molecule has 21 heavy (non-hydrogen) atoms. The number of anilines is 2. The highest BCUT2D eigenvalue weighted by Gasteiger charge is 2.10. The third-order valence-electron chi connectivity index (χ3n) is 3.36. The van der Waals surface area contributed by atoms with Gasteiger partial charge in [0, 0.05) is 13.6 Å². The van der Waals surface area contributed by atoms with Crippen LogP contribution < -0.4 is 10.6 Å². The molecule has 0 fully saturated rings. The number of hydrogen-bond acceptors (Lipinski definition) is 4. The first kappa shape index (κ1) is 13.8. The van der Waals surface area contributed by atoms with E-state index in [1.165, 1.54) is 12.1 Å². The number of halogens is 1. The zero-order valence-corrected chi connectivity index (χ0v) is 12.7. The van der Waals surface area contributed by atoms with Crippen LogP contribution in [-0.4, -0.2) is 12.0 Å². The lowest BCUT2D eigenvalue weighted by Gasteiger charge is -2.21. The molecule has 1 heterocycles. The third kappa shape index (κ3) is 2.83. The molecular formula is C16H16FN3S. The SMILES string of the molecule is Cc1nc2cc(N(C)Cc3cccc(F)c3)c(N)cc2s1. The molecule has 0 bridgehead atoms. The quantitative estimate of drug-likeness (QED) is 0.744. The van der Waals surface area contributed by atoms with Crippen LogP contribution in [0.1, 0.15) is 10.6 Å². The van der Waals surface area contributed by atoms with Crippen molar-refractivity contribution in [3.8, 4) is 0 Å². The second-order valence-corrected chi connectivity index (χ2v) is 6.33. The van der Waals surface area contributed by atoms with Crippen LogP contribution in [0, 0.1) is 12.7 Å². The number of nitrogens with two attached hydrogens (primary N) is 1. The van der Waals surface area contributed by atoms with Gasteiger partial charge < -0.3 is 10.6 Å². The zero-order valence-electron chi connectivity index (χ0n) is 11.9. The van der Waals surface area contributed by atoms with Gasteiger partial charge in [-0.2, -0.15) is 0 Å². The van der Waals surface area contributed by atoms with E-state index in [1.807, 2.05) is 37.1 Å². The fourth-order valence-corrected chi connectivity index (χ4v) is 3.28. The topological polar surface area (TPSA) is 42.2 Å². The molecule has 0 spiro atoms. The number of fused-ring (bicyclic) bond motifs is 1. The summed E-state index contributed by atoms with van der Waals surface area (Å²) in [7, 11) is 1.95. The second kappa shape index (κ2) is 5.33. The van der Waals surface area contributed by atoms with Crippen LogP contribution in [0.15, 0.2) is 36.4 Å². The van der Waals surface area contributed by atoms with Crippen LogP contribution in [0.3, 0.4) is 0 Å². The molecule has 0 amide bonds. The first-order chi connectivity index (χ1) is 10.0. The Morgan fingerprint density at radius 3 is 2.86 bits per heavy atom. The first-order valence-corrected chi connectivity index (χ1v) is 7.47. The summed E-state index contributed by atoms with van der Waals surface area (Å²) in [6, 6.07) is 10.6. The third-order valence-corrected chi connectivity index (χ3v) is 4.30. The van der Waals surface area contributed by atoms with Crippen molar-refractivity contribution < 1.29 is 4.39 Å². The highest BCUT2D eigenvalue weighted by molar-refractivity contribution is 7.18. The maximum Gasteiger partial charge on any atom is 0.123 e. The van der Waals surface area contributed by atoms with Gasteiger partial charge in [0.25, 0.3) is 0 Å². The van der Waals surface area contributed by atoms with E-state index in [1.54, 1.807) is 17.4 Å². The van der Waals surface area contributed by atoms with Crippen LogP contribution in [0.25, 0.3) is 10.2 Å². The fraction of sp³-hybridized carbons (Fsp3) is 0.188. The Balaban J connectivity index is 1.93. The monoisotopic (exact) mass is 301 g/mol. The van der Waals surface area contributed by atoms with Gasteiger partial charge in [0.2, 0.25) is 0 Å². The van der Waals surface area contributed by atoms with E-state index >= 15 is 0 Å². The van der Waals surface area contributed by atoms with Crippen molar-refractivity contribution in [1.82, 2.24) is 4.98 Å². The molecule has 0 aliphatic carbocycles. The van der Waals surface area contributed by atoms with Gasteiger partial charge in [0.1, 0.15) is 5.82 Å². The Bertz CT molecular complexity index is 797. The molecule has 0 atom stereocenters. The van der Waals surface area contributed by atoms with Crippen LogP contribution in [0.2, 0.25) is 0 Å². The summed E-state index contributed by atoms with van der Waals surface area (Å²) in [5.41, 5.74) is 9.63. The van der Waals surface area contributed by atoms with Gasteiger partial charge in [0.05, 0.1) is 26.6 Å². The number of nitrogens with zero attached hydrogens (tertiary/aromatic N) is 2. The van der Waals surface area contributed by atoms with E-state index in [0.29, 0.717) is 12.2 Å². The number of thiazole rings is 1. The van der Waals surface area contributed by atoms with Crippen molar-refractivity contribution >= 4 is 32.9 Å². The normalized spacial score (nSPS) is 11.0. The number of aryl methyl sites for hydroxylation is 1. The minimum absolute atomic E-state index is 0.223. The van der Waals surface area contributed by atoms with E-state index in [9.17, 15) is 4.39 Å². The van der Waals surface area contributed by atoms with Gasteiger partial charge in [-0.25, -0.2) is 9.37 Å². The van der Waals surface area contributed by atoms with Crippen LogP contribution >= 0.6 is 11.3 Å². The number of aromatic nitrogens is 1. The molecular weight excluding hydrogens is 285 g/mol. The number of nitrogen functional groups attached to an aromatic ring is 1. The van der Waals surface area contributed by atoms with Crippen molar-refractivity contribution in [3.05, 3.63) is 52.8 Å². The van der Waals surface area contributed by atoms with Crippen LogP contribution in [0.4, 0.5) is 15.8 Å². The molecule has 0 saturated heterocycles. The van der Waals surface area contributed by atoms with E-state index in [0.717, 1.165) is 26.5 Å². The summed E-state index contributed by atoms with van der Waals surface area (Å²) in [5.74, 6) is -0.223. The predicted molar refractivity (Wildman–Crippen MR) is 87.3 cm³/mol.